The van der Waals surface area contributed by atoms with E-state index in [4.69, 9.17) is 0 Å². The third-order valence-electron chi connectivity index (χ3n) is 2.48. The molecule has 0 spiro atoms. The van der Waals surface area contributed by atoms with Gasteiger partial charge in [-0.2, -0.15) is 0 Å². The summed E-state index contributed by atoms with van der Waals surface area (Å²) in [6.07, 6.45) is 6.66. The van der Waals surface area contributed by atoms with Crippen molar-refractivity contribution in [2.24, 2.45) is 0 Å². The van der Waals surface area contributed by atoms with E-state index in [1.54, 1.807) is 4.58 Å². The van der Waals surface area contributed by atoms with Crippen molar-refractivity contribution in [3.05, 3.63) is 30.6 Å². The molecule has 0 aliphatic carbocycles. The minimum atomic E-state index is 0.346. The maximum atomic E-state index is 4.27. The van der Waals surface area contributed by atoms with Crippen molar-refractivity contribution >= 4 is 12.7 Å². The zero-order valence-electron chi connectivity index (χ0n) is 9.48. The molecule has 1 rings (SSSR count). The molecule has 0 aliphatic heterocycles. The van der Waals surface area contributed by atoms with Crippen LogP contribution in [0.5, 0.6) is 0 Å². The summed E-state index contributed by atoms with van der Waals surface area (Å²) in [6.45, 7) is 12.6. The molecule has 1 aromatic heterocycles. The van der Waals surface area contributed by atoms with Gasteiger partial charge < -0.3 is 0 Å². The van der Waals surface area contributed by atoms with Crippen LogP contribution in [0.25, 0.3) is 0 Å². The molecule has 0 saturated heterocycles. The van der Waals surface area contributed by atoms with Crippen LogP contribution in [0, 0.1) is 0 Å². The van der Waals surface area contributed by atoms with Crippen molar-refractivity contribution < 1.29 is 4.58 Å². The highest BCUT2D eigenvalue weighted by Crippen LogP contribution is 2.19. The minimum absolute atomic E-state index is 0.346. The smallest absolute Gasteiger partial charge is 0.239 e. The minimum Gasteiger partial charge on any atom is -0.239 e. The van der Waals surface area contributed by atoms with E-state index in [2.05, 4.69) is 30.2 Å². The van der Waals surface area contributed by atoms with E-state index in [0.29, 0.717) is 11.9 Å². The van der Waals surface area contributed by atoms with Crippen molar-refractivity contribution in [3.8, 4) is 0 Å². The van der Waals surface area contributed by atoms with Crippen molar-refractivity contribution in [2.75, 3.05) is 6.54 Å². The fraction of sp³-hybridized carbons (Fsp3) is 0.417. The zero-order chi connectivity index (χ0) is 11.3. The maximum Gasteiger partial charge on any atom is 0.432 e. The first-order chi connectivity index (χ1) is 7.22. The molecule has 3 nitrogen and oxygen atoms in total. The average Bonchev–Trinajstić information content (AvgIpc) is 2.30. The summed E-state index contributed by atoms with van der Waals surface area (Å²) < 4.78 is 1.76. The first kappa shape index (κ1) is 11.6. The molecule has 15 heavy (non-hydrogen) atoms. The third-order valence-corrected chi connectivity index (χ3v) is 2.48. The molecule has 1 unspecified atom stereocenters. The Bertz CT molecular complexity index is 340. The van der Waals surface area contributed by atoms with E-state index in [0.717, 1.165) is 18.5 Å². The molecule has 0 saturated carbocycles. The normalized spacial score (nSPS) is 12.1. The molecule has 0 fully saturated rings. The van der Waals surface area contributed by atoms with Crippen molar-refractivity contribution in [3.63, 3.8) is 0 Å². The number of aromatic nitrogens is 2. The first-order valence-electron chi connectivity index (χ1n) is 5.25. The highest BCUT2D eigenvalue weighted by atomic mass is 15.1. The number of hydrogen-bond donors (Lipinski definition) is 0. The van der Waals surface area contributed by atoms with Gasteiger partial charge in [0.25, 0.3) is 0 Å². The Balaban J connectivity index is 2.89. The largest absolute Gasteiger partial charge is 0.432 e. The van der Waals surface area contributed by atoms with Gasteiger partial charge in [-0.3, -0.25) is 0 Å². The summed E-state index contributed by atoms with van der Waals surface area (Å²) in [4.78, 5) is 8.54. The summed E-state index contributed by atoms with van der Waals surface area (Å²) >= 11 is 0. The van der Waals surface area contributed by atoms with E-state index >= 15 is 0 Å². The van der Waals surface area contributed by atoms with Crippen molar-refractivity contribution in [1.82, 2.24) is 9.97 Å². The van der Waals surface area contributed by atoms with Gasteiger partial charge in [-0.25, -0.2) is 4.58 Å². The Labute approximate surface area is 91.2 Å². The summed E-state index contributed by atoms with van der Waals surface area (Å²) in [7, 11) is 0. The van der Waals surface area contributed by atoms with E-state index in [9.17, 15) is 0 Å². The average molecular weight is 204 g/mol. The Morgan fingerprint density at radius 2 is 2.00 bits per heavy atom. The summed E-state index contributed by atoms with van der Waals surface area (Å²) in [5, 5.41) is 0. The monoisotopic (exact) mass is 204 g/mol. The predicted octanol–water partition coefficient (Wildman–Crippen LogP) is 2.52. The molecular formula is C12H18N3+. The van der Waals surface area contributed by atoms with Gasteiger partial charge in [0, 0.05) is 18.2 Å². The lowest BCUT2D eigenvalue weighted by molar-refractivity contribution is -0.435. The topological polar surface area (TPSA) is 28.8 Å². The van der Waals surface area contributed by atoms with Crippen LogP contribution in [0.2, 0.25) is 0 Å². The second-order valence-electron chi connectivity index (χ2n) is 3.42. The van der Waals surface area contributed by atoms with Crippen LogP contribution in [-0.4, -0.2) is 27.8 Å². The number of nitrogens with zero attached hydrogens (tertiary/aromatic N) is 3. The molecule has 1 heterocycles. The van der Waals surface area contributed by atoms with Gasteiger partial charge in [-0.1, -0.05) is 23.0 Å². The molecule has 0 radical (unpaired) electrons. The molecule has 0 aromatic carbocycles. The van der Waals surface area contributed by atoms with Gasteiger partial charge in [-0.15, -0.1) is 6.58 Å². The molecule has 0 amide bonds. The highest BCUT2D eigenvalue weighted by Gasteiger charge is 2.12. The Hall–Kier alpha value is -1.51. The van der Waals surface area contributed by atoms with E-state index in [1.807, 2.05) is 25.4 Å². The number of rotatable bonds is 5. The van der Waals surface area contributed by atoms with Crippen LogP contribution in [0.3, 0.4) is 0 Å². The van der Waals surface area contributed by atoms with Gasteiger partial charge in [0.1, 0.15) is 12.4 Å². The summed E-state index contributed by atoms with van der Waals surface area (Å²) in [5.41, 5.74) is 1.11. The summed E-state index contributed by atoms with van der Waals surface area (Å²) in [6, 6.07) is 0. The Morgan fingerprint density at radius 1 is 1.40 bits per heavy atom. The lowest BCUT2D eigenvalue weighted by Crippen LogP contribution is -2.06. The lowest BCUT2D eigenvalue weighted by atomic mass is 10.00. The number of allylic oxidation sites excluding steroid dienone is 1. The van der Waals surface area contributed by atoms with Gasteiger partial charge in [0.15, 0.2) is 0 Å². The van der Waals surface area contributed by atoms with Gasteiger partial charge in [-0.05, 0) is 13.3 Å². The molecule has 3 heteroatoms. The van der Waals surface area contributed by atoms with E-state index in [-0.39, 0.29) is 0 Å². The van der Waals surface area contributed by atoms with E-state index in [1.165, 1.54) is 0 Å². The van der Waals surface area contributed by atoms with Crippen molar-refractivity contribution in [2.45, 2.75) is 26.2 Å². The maximum absolute atomic E-state index is 4.27. The second-order valence-corrected chi connectivity index (χ2v) is 3.42. The molecular weight excluding hydrogens is 186 g/mol. The molecule has 0 aliphatic rings. The van der Waals surface area contributed by atoms with Crippen LogP contribution in [0.15, 0.2) is 25.0 Å². The Kier molecular flexibility index (Phi) is 4.16. The molecule has 0 bridgehead atoms. The summed E-state index contributed by atoms with van der Waals surface area (Å²) in [5.74, 6) is 1.01. The standard InChI is InChI=1S/C12H18N3/c1-5-10(6-2)11-8-13-12(14-9-11)15(4)7-3/h5,8-10H,1,4,6-7H2,2-3H3/q+1. The van der Waals surface area contributed by atoms with Crippen LogP contribution in [-0.2, 0) is 0 Å². The van der Waals surface area contributed by atoms with Crippen molar-refractivity contribution in [1.29, 1.82) is 0 Å². The quantitative estimate of drug-likeness (QED) is 0.419. The molecule has 80 valence electrons. The highest BCUT2D eigenvalue weighted by molar-refractivity contribution is 5.23. The van der Waals surface area contributed by atoms with Gasteiger partial charge in [0.05, 0.1) is 6.54 Å². The predicted molar refractivity (Wildman–Crippen MR) is 62.8 cm³/mol. The third kappa shape index (κ3) is 2.72. The Morgan fingerprint density at radius 3 is 2.40 bits per heavy atom. The first-order valence-corrected chi connectivity index (χ1v) is 5.25. The van der Waals surface area contributed by atoms with Crippen LogP contribution >= 0.6 is 0 Å². The van der Waals surface area contributed by atoms with Crippen LogP contribution in [0.1, 0.15) is 31.7 Å². The van der Waals surface area contributed by atoms with Gasteiger partial charge >= 0.3 is 5.95 Å². The number of hydrogen-bond acceptors (Lipinski definition) is 2. The van der Waals surface area contributed by atoms with Gasteiger partial charge in [0.2, 0.25) is 0 Å². The van der Waals surface area contributed by atoms with Crippen LogP contribution in [0.4, 0.5) is 5.95 Å². The second kappa shape index (κ2) is 5.39. The fourth-order valence-electron chi connectivity index (χ4n) is 1.37. The SMILES string of the molecule is C=CC(CC)c1cnc([N+](=C)CC)nc1. The lowest BCUT2D eigenvalue weighted by Gasteiger charge is -2.06. The molecule has 1 aromatic rings. The molecule has 1 atom stereocenters. The van der Waals surface area contributed by atoms with Crippen LogP contribution < -0.4 is 0 Å². The fourth-order valence-corrected chi connectivity index (χ4v) is 1.37. The zero-order valence-corrected chi connectivity index (χ0v) is 9.48. The molecule has 0 N–H and O–H groups in total. The van der Waals surface area contributed by atoms with E-state index < -0.39 is 0 Å².